The Hall–Kier alpha value is -2.83. The Labute approximate surface area is 151 Å². The van der Waals surface area contributed by atoms with E-state index in [1.165, 1.54) is 38.1 Å². The van der Waals surface area contributed by atoms with E-state index in [0.717, 1.165) is 10.4 Å². The fraction of sp³-hybridized carbons (Fsp3) is 0. The van der Waals surface area contributed by atoms with Crippen LogP contribution < -0.4 is 0 Å². The molecule has 0 spiro atoms. The number of hydrogen-bond acceptors (Lipinski definition) is 0. The van der Waals surface area contributed by atoms with Gasteiger partial charge in [0.1, 0.15) is 0 Å². The highest BCUT2D eigenvalue weighted by Gasteiger charge is 2.08. The van der Waals surface area contributed by atoms with Crippen molar-refractivity contribution in [3.8, 4) is 11.1 Å². The van der Waals surface area contributed by atoms with Gasteiger partial charge >= 0.3 is 0 Å². The minimum atomic E-state index is 0.801. The Morgan fingerprint density at radius 3 is 2.08 bits per heavy atom. The molecule has 0 aliphatic carbocycles. The zero-order valence-corrected chi connectivity index (χ0v) is 14.3. The highest BCUT2D eigenvalue weighted by Crippen LogP contribution is 2.36. The minimum absolute atomic E-state index is 0.801. The summed E-state index contributed by atoms with van der Waals surface area (Å²) in [5, 5.41) is 8.14. The zero-order valence-electron chi connectivity index (χ0n) is 13.5. The lowest BCUT2D eigenvalue weighted by Gasteiger charge is -2.11. The summed E-state index contributed by atoms with van der Waals surface area (Å²) in [7, 11) is 0. The van der Waals surface area contributed by atoms with Gasteiger partial charge in [-0.05, 0) is 50.2 Å². The van der Waals surface area contributed by atoms with Crippen molar-refractivity contribution in [1.82, 2.24) is 0 Å². The van der Waals surface area contributed by atoms with Crippen LogP contribution in [0.1, 0.15) is 0 Å². The van der Waals surface area contributed by atoms with Crippen molar-refractivity contribution in [3.05, 3.63) is 96.0 Å². The molecule has 0 amide bonds. The molecule has 0 saturated heterocycles. The van der Waals surface area contributed by atoms with Gasteiger partial charge in [-0.15, -0.1) is 0 Å². The van der Waals surface area contributed by atoms with E-state index in [9.17, 15) is 0 Å². The molecular formula is C24H15Cl. The van der Waals surface area contributed by atoms with Crippen molar-refractivity contribution < 1.29 is 0 Å². The molecule has 5 rings (SSSR count). The third kappa shape index (κ3) is 2.30. The second kappa shape index (κ2) is 5.61. The highest BCUT2D eigenvalue weighted by molar-refractivity contribution is 6.36. The summed E-state index contributed by atoms with van der Waals surface area (Å²) in [6.45, 7) is 0. The van der Waals surface area contributed by atoms with Crippen molar-refractivity contribution >= 4 is 43.9 Å². The lowest BCUT2D eigenvalue weighted by Crippen LogP contribution is -1.84. The normalized spacial score (nSPS) is 11.4. The van der Waals surface area contributed by atoms with Gasteiger partial charge in [0.15, 0.2) is 0 Å². The third-order valence-corrected chi connectivity index (χ3v) is 5.26. The van der Waals surface area contributed by atoms with Gasteiger partial charge in [0.2, 0.25) is 0 Å². The maximum atomic E-state index is 6.38. The fourth-order valence-electron chi connectivity index (χ4n) is 3.70. The zero-order chi connectivity index (χ0) is 16.8. The summed E-state index contributed by atoms with van der Waals surface area (Å²) in [6, 6.07) is 32.1. The summed E-state index contributed by atoms with van der Waals surface area (Å²) in [6.07, 6.45) is 0. The summed E-state index contributed by atoms with van der Waals surface area (Å²) in [4.78, 5) is 0. The van der Waals surface area contributed by atoms with Gasteiger partial charge < -0.3 is 0 Å². The van der Waals surface area contributed by atoms with Crippen LogP contribution in [0.4, 0.5) is 0 Å². The van der Waals surface area contributed by atoms with E-state index < -0.39 is 0 Å². The fourth-order valence-corrected chi connectivity index (χ4v) is 3.93. The van der Waals surface area contributed by atoms with E-state index in [-0.39, 0.29) is 0 Å². The van der Waals surface area contributed by atoms with Crippen LogP contribution >= 0.6 is 11.6 Å². The van der Waals surface area contributed by atoms with Gasteiger partial charge in [0.25, 0.3) is 0 Å². The van der Waals surface area contributed by atoms with Gasteiger partial charge in [0.05, 0.1) is 0 Å². The average molecular weight is 339 g/mol. The molecule has 0 unspecified atom stereocenters. The molecule has 0 aromatic heterocycles. The number of fused-ring (bicyclic) bond motifs is 4. The Morgan fingerprint density at radius 1 is 0.480 bits per heavy atom. The summed E-state index contributed by atoms with van der Waals surface area (Å²) >= 11 is 6.38. The molecule has 25 heavy (non-hydrogen) atoms. The second-order valence-corrected chi connectivity index (χ2v) is 6.77. The Bertz CT molecular complexity index is 1250. The first kappa shape index (κ1) is 14.5. The summed E-state index contributed by atoms with van der Waals surface area (Å²) < 4.78 is 0. The van der Waals surface area contributed by atoms with E-state index in [1.807, 2.05) is 12.1 Å². The lowest BCUT2D eigenvalue weighted by molar-refractivity contribution is 1.69. The Balaban J connectivity index is 1.83. The average Bonchev–Trinajstić information content (AvgIpc) is 2.67. The lowest BCUT2D eigenvalue weighted by atomic mass is 9.93. The molecule has 0 saturated carbocycles. The molecule has 0 aliphatic rings. The number of benzene rings is 5. The minimum Gasteiger partial charge on any atom is -0.0837 e. The second-order valence-electron chi connectivity index (χ2n) is 6.36. The summed E-state index contributed by atoms with van der Waals surface area (Å²) in [5.41, 5.74) is 2.50. The molecule has 118 valence electrons. The van der Waals surface area contributed by atoms with Crippen LogP contribution in [0.5, 0.6) is 0 Å². The molecule has 0 bridgehead atoms. The molecule has 0 atom stereocenters. The standard InChI is InChI=1S/C24H15Cl/c25-24-10-4-9-21-20-8-3-7-19(22(20)13-14-23(21)24)18-12-11-16-5-1-2-6-17(16)15-18/h1-15H. The van der Waals surface area contributed by atoms with Crippen molar-refractivity contribution in [3.63, 3.8) is 0 Å². The van der Waals surface area contributed by atoms with Crippen molar-refractivity contribution in [2.75, 3.05) is 0 Å². The van der Waals surface area contributed by atoms with Gasteiger partial charge in [-0.3, -0.25) is 0 Å². The van der Waals surface area contributed by atoms with E-state index in [2.05, 4.69) is 78.9 Å². The molecule has 5 aromatic carbocycles. The van der Waals surface area contributed by atoms with Crippen LogP contribution in [0.3, 0.4) is 0 Å². The molecule has 5 aromatic rings. The third-order valence-electron chi connectivity index (χ3n) is 4.93. The van der Waals surface area contributed by atoms with E-state index >= 15 is 0 Å². The Kier molecular flexibility index (Phi) is 3.26. The number of halogens is 1. The first-order chi connectivity index (χ1) is 12.3. The van der Waals surface area contributed by atoms with Crippen molar-refractivity contribution in [2.24, 2.45) is 0 Å². The van der Waals surface area contributed by atoms with Gasteiger partial charge in [0, 0.05) is 10.4 Å². The van der Waals surface area contributed by atoms with E-state index in [4.69, 9.17) is 11.6 Å². The molecule has 1 heteroatoms. The van der Waals surface area contributed by atoms with E-state index in [1.54, 1.807) is 0 Å². The van der Waals surface area contributed by atoms with Crippen LogP contribution in [0.15, 0.2) is 91.0 Å². The molecule has 0 radical (unpaired) electrons. The first-order valence-electron chi connectivity index (χ1n) is 8.40. The largest absolute Gasteiger partial charge is 0.0837 e. The maximum absolute atomic E-state index is 6.38. The van der Waals surface area contributed by atoms with Crippen LogP contribution in [0.2, 0.25) is 5.02 Å². The predicted molar refractivity (Wildman–Crippen MR) is 109 cm³/mol. The Morgan fingerprint density at radius 2 is 1.20 bits per heavy atom. The van der Waals surface area contributed by atoms with Gasteiger partial charge in [-0.1, -0.05) is 90.5 Å². The monoisotopic (exact) mass is 338 g/mol. The van der Waals surface area contributed by atoms with Crippen molar-refractivity contribution in [1.29, 1.82) is 0 Å². The van der Waals surface area contributed by atoms with Gasteiger partial charge in [-0.2, -0.15) is 0 Å². The number of rotatable bonds is 1. The van der Waals surface area contributed by atoms with Gasteiger partial charge in [-0.25, -0.2) is 0 Å². The SMILES string of the molecule is Clc1cccc2c1ccc1c(-c3ccc4ccccc4c3)cccc12. The maximum Gasteiger partial charge on any atom is 0.0484 e. The molecule has 0 aliphatic heterocycles. The quantitative estimate of drug-likeness (QED) is 0.278. The van der Waals surface area contributed by atoms with E-state index in [0.29, 0.717) is 0 Å². The number of hydrogen-bond donors (Lipinski definition) is 0. The topological polar surface area (TPSA) is 0 Å². The molecule has 0 nitrogen and oxygen atoms in total. The smallest absolute Gasteiger partial charge is 0.0484 e. The first-order valence-corrected chi connectivity index (χ1v) is 8.78. The van der Waals surface area contributed by atoms with Crippen LogP contribution in [0.25, 0.3) is 43.4 Å². The predicted octanol–water partition coefficient (Wildman–Crippen LogP) is 7.47. The summed E-state index contributed by atoms with van der Waals surface area (Å²) in [5.74, 6) is 0. The molecule has 0 N–H and O–H groups in total. The molecule has 0 heterocycles. The highest BCUT2D eigenvalue weighted by atomic mass is 35.5. The van der Waals surface area contributed by atoms with Crippen molar-refractivity contribution in [2.45, 2.75) is 0 Å². The molecular weight excluding hydrogens is 324 g/mol. The van der Waals surface area contributed by atoms with Crippen LogP contribution in [-0.2, 0) is 0 Å². The molecule has 0 fully saturated rings. The van der Waals surface area contributed by atoms with Crippen LogP contribution in [0, 0.1) is 0 Å². The van der Waals surface area contributed by atoms with Crippen LogP contribution in [-0.4, -0.2) is 0 Å².